The molecule has 0 saturated heterocycles. The average molecular weight is 363 g/mol. The topological polar surface area (TPSA) is 85.6 Å². The molecule has 0 aliphatic rings. The molecule has 1 aromatic carbocycles. The van der Waals surface area contributed by atoms with Crippen molar-refractivity contribution in [2.75, 3.05) is 5.32 Å². The van der Waals surface area contributed by atoms with Crippen molar-refractivity contribution in [3.05, 3.63) is 51.6 Å². The SMILES string of the molecule is Cc1ccc(NC(=O)c2nnn(Cc3nsnc3C)c2C)cc1Cl. The minimum absolute atomic E-state index is 0.271. The molecule has 0 atom stereocenters. The highest BCUT2D eigenvalue weighted by atomic mass is 35.5. The normalized spacial score (nSPS) is 10.8. The predicted molar refractivity (Wildman–Crippen MR) is 92.6 cm³/mol. The highest BCUT2D eigenvalue weighted by Gasteiger charge is 2.18. The van der Waals surface area contributed by atoms with Crippen LogP contribution in [0, 0.1) is 20.8 Å². The number of carbonyl (C=O) groups excluding carboxylic acids is 1. The number of carbonyl (C=O) groups is 1. The number of rotatable bonds is 4. The number of hydrogen-bond acceptors (Lipinski definition) is 6. The molecule has 24 heavy (non-hydrogen) atoms. The van der Waals surface area contributed by atoms with E-state index in [1.807, 2.05) is 19.9 Å². The molecule has 0 radical (unpaired) electrons. The summed E-state index contributed by atoms with van der Waals surface area (Å²) in [5, 5.41) is 11.4. The molecular formula is C15H15ClN6OS. The molecule has 0 aliphatic heterocycles. The van der Waals surface area contributed by atoms with Gasteiger partial charge in [-0.1, -0.05) is 22.9 Å². The maximum atomic E-state index is 12.4. The highest BCUT2D eigenvalue weighted by Crippen LogP contribution is 2.20. The Kier molecular flexibility index (Phi) is 4.59. The first-order valence-electron chi connectivity index (χ1n) is 7.21. The van der Waals surface area contributed by atoms with Crippen LogP contribution >= 0.6 is 23.3 Å². The minimum atomic E-state index is -0.327. The standard InChI is InChI=1S/C15H15ClN6OS/c1-8-4-5-11(6-12(8)16)17-15(23)14-10(3)22(21-18-14)7-13-9(2)19-24-20-13/h4-6H,7H2,1-3H3,(H,17,23). The van der Waals surface area contributed by atoms with Crippen LogP contribution in [-0.4, -0.2) is 29.6 Å². The van der Waals surface area contributed by atoms with Crippen molar-refractivity contribution in [3.63, 3.8) is 0 Å². The van der Waals surface area contributed by atoms with Crippen LogP contribution in [0.4, 0.5) is 5.69 Å². The minimum Gasteiger partial charge on any atom is -0.320 e. The van der Waals surface area contributed by atoms with Gasteiger partial charge in [0.15, 0.2) is 5.69 Å². The first kappa shape index (κ1) is 16.5. The maximum Gasteiger partial charge on any atom is 0.278 e. The summed E-state index contributed by atoms with van der Waals surface area (Å²) in [5.74, 6) is -0.327. The summed E-state index contributed by atoms with van der Waals surface area (Å²) in [7, 11) is 0. The number of nitrogens with zero attached hydrogens (tertiary/aromatic N) is 5. The second-order valence-corrected chi connectivity index (χ2v) is 6.33. The quantitative estimate of drug-likeness (QED) is 0.771. The molecule has 0 spiro atoms. The third kappa shape index (κ3) is 3.29. The molecule has 124 valence electrons. The fourth-order valence-corrected chi connectivity index (χ4v) is 2.85. The zero-order chi connectivity index (χ0) is 17.3. The van der Waals surface area contributed by atoms with Gasteiger partial charge in [-0.25, -0.2) is 4.68 Å². The third-order valence-electron chi connectivity index (χ3n) is 3.67. The van der Waals surface area contributed by atoms with Gasteiger partial charge >= 0.3 is 0 Å². The molecule has 7 nitrogen and oxygen atoms in total. The lowest BCUT2D eigenvalue weighted by molar-refractivity contribution is 0.102. The average Bonchev–Trinajstić information content (AvgIpc) is 3.10. The van der Waals surface area contributed by atoms with Crippen LogP contribution < -0.4 is 5.32 Å². The van der Waals surface area contributed by atoms with Crippen LogP contribution in [0.5, 0.6) is 0 Å². The van der Waals surface area contributed by atoms with Crippen molar-refractivity contribution in [1.29, 1.82) is 0 Å². The van der Waals surface area contributed by atoms with Crippen LogP contribution in [0.15, 0.2) is 18.2 Å². The van der Waals surface area contributed by atoms with Crippen molar-refractivity contribution in [3.8, 4) is 0 Å². The number of anilines is 1. The largest absolute Gasteiger partial charge is 0.320 e. The molecule has 9 heteroatoms. The maximum absolute atomic E-state index is 12.4. The summed E-state index contributed by atoms with van der Waals surface area (Å²) in [6.07, 6.45) is 0. The number of benzene rings is 1. The fraction of sp³-hybridized carbons (Fsp3) is 0.267. The van der Waals surface area contributed by atoms with E-state index >= 15 is 0 Å². The lowest BCUT2D eigenvalue weighted by Crippen LogP contribution is -2.14. The molecule has 2 heterocycles. The Morgan fingerprint density at radius 3 is 2.75 bits per heavy atom. The molecule has 1 amide bonds. The van der Waals surface area contributed by atoms with Crippen LogP contribution in [0.2, 0.25) is 5.02 Å². The van der Waals surface area contributed by atoms with Gasteiger partial charge in [0.05, 0.1) is 35.4 Å². The van der Waals surface area contributed by atoms with Gasteiger partial charge in [-0.2, -0.15) is 8.75 Å². The van der Waals surface area contributed by atoms with E-state index in [-0.39, 0.29) is 11.6 Å². The van der Waals surface area contributed by atoms with Crippen LogP contribution in [0.25, 0.3) is 0 Å². The van der Waals surface area contributed by atoms with Gasteiger partial charge in [-0.3, -0.25) is 4.79 Å². The number of aromatic nitrogens is 5. The van der Waals surface area contributed by atoms with Crippen molar-refractivity contribution < 1.29 is 4.79 Å². The Balaban J connectivity index is 1.78. The lowest BCUT2D eigenvalue weighted by atomic mass is 10.2. The van der Waals surface area contributed by atoms with Crippen LogP contribution in [0.3, 0.4) is 0 Å². The summed E-state index contributed by atoms with van der Waals surface area (Å²) in [6.45, 7) is 6.02. The molecule has 3 aromatic rings. The first-order chi connectivity index (χ1) is 11.5. The summed E-state index contributed by atoms with van der Waals surface area (Å²) in [5.41, 5.74) is 4.18. The fourth-order valence-electron chi connectivity index (χ4n) is 2.12. The molecule has 2 aromatic heterocycles. The number of halogens is 1. The van der Waals surface area contributed by atoms with Gasteiger partial charge in [0, 0.05) is 10.7 Å². The number of nitrogens with one attached hydrogen (secondary N) is 1. The Morgan fingerprint density at radius 2 is 2.08 bits per heavy atom. The monoisotopic (exact) mass is 362 g/mol. The summed E-state index contributed by atoms with van der Waals surface area (Å²) >= 11 is 7.23. The summed E-state index contributed by atoms with van der Waals surface area (Å²) in [6, 6.07) is 5.35. The molecule has 3 rings (SSSR count). The van der Waals surface area contributed by atoms with Gasteiger partial charge < -0.3 is 5.32 Å². The van der Waals surface area contributed by atoms with Gasteiger partial charge in [0.1, 0.15) is 0 Å². The lowest BCUT2D eigenvalue weighted by Gasteiger charge is -2.06. The van der Waals surface area contributed by atoms with E-state index in [0.29, 0.717) is 22.9 Å². The van der Waals surface area contributed by atoms with Gasteiger partial charge in [-0.05, 0) is 38.5 Å². The highest BCUT2D eigenvalue weighted by molar-refractivity contribution is 6.99. The predicted octanol–water partition coefficient (Wildman–Crippen LogP) is 3.01. The van der Waals surface area contributed by atoms with Crippen LogP contribution in [0.1, 0.15) is 33.1 Å². The summed E-state index contributed by atoms with van der Waals surface area (Å²) in [4.78, 5) is 12.4. The number of aryl methyl sites for hydroxylation is 2. The zero-order valence-electron chi connectivity index (χ0n) is 13.4. The summed E-state index contributed by atoms with van der Waals surface area (Å²) < 4.78 is 9.99. The van der Waals surface area contributed by atoms with Crippen molar-refractivity contribution in [2.24, 2.45) is 0 Å². The molecule has 0 fully saturated rings. The molecule has 1 N–H and O–H groups in total. The molecule has 0 saturated carbocycles. The molecular weight excluding hydrogens is 348 g/mol. The molecule has 0 unspecified atom stereocenters. The Labute approximate surface area is 148 Å². The van der Waals surface area contributed by atoms with E-state index in [9.17, 15) is 4.79 Å². The Hall–Kier alpha value is -2.32. The Bertz CT molecular complexity index is 903. The Morgan fingerprint density at radius 1 is 1.29 bits per heavy atom. The van der Waals surface area contributed by atoms with Crippen molar-refractivity contribution >= 4 is 34.9 Å². The number of amides is 1. The van der Waals surface area contributed by atoms with E-state index in [1.165, 1.54) is 0 Å². The second-order valence-electron chi connectivity index (χ2n) is 5.40. The number of hydrogen-bond donors (Lipinski definition) is 1. The van der Waals surface area contributed by atoms with Crippen molar-refractivity contribution in [1.82, 2.24) is 23.7 Å². The van der Waals surface area contributed by atoms with Gasteiger partial charge in [-0.15, -0.1) is 5.10 Å². The smallest absolute Gasteiger partial charge is 0.278 e. The van der Waals surface area contributed by atoms with Gasteiger partial charge in [0.2, 0.25) is 0 Å². The third-order valence-corrected chi connectivity index (χ3v) is 4.74. The van der Waals surface area contributed by atoms with E-state index in [4.69, 9.17) is 11.6 Å². The van der Waals surface area contributed by atoms with Gasteiger partial charge in [0.25, 0.3) is 5.91 Å². The molecule has 0 bridgehead atoms. The molecule has 0 aliphatic carbocycles. The van der Waals surface area contributed by atoms with E-state index in [1.54, 1.807) is 23.7 Å². The van der Waals surface area contributed by atoms with Crippen LogP contribution in [-0.2, 0) is 6.54 Å². The van der Waals surface area contributed by atoms with Crippen molar-refractivity contribution in [2.45, 2.75) is 27.3 Å². The second kappa shape index (κ2) is 6.66. The van der Waals surface area contributed by atoms with E-state index in [0.717, 1.165) is 28.7 Å². The van der Waals surface area contributed by atoms with E-state index in [2.05, 4.69) is 24.4 Å². The first-order valence-corrected chi connectivity index (χ1v) is 8.32. The zero-order valence-corrected chi connectivity index (χ0v) is 14.9. The van der Waals surface area contributed by atoms with E-state index < -0.39 is 0 Å².